The van der Waals surface area contributed by atoms with Gasteiger partial charge in [-0.15, -0.1) is 0 Å². The van der Waals surface area contributed by atoms with Crippen LogP contribution in [0.25, 0.3) is 0 Å². The van der Waals surface area contributed by atoms with Crippen LogP contribution in [-0.4, -0.2) is 46.3 Å². The molecule has 2 heterocycles. The third-order valence-corrected chi connectivity index (χ3v) is 2.63. The Morgan fingerprint density at radius 2 is 2.06 bits per heavy atom. The molecule has 0 aromatic carbocycles. The maximum Gasteiger partial charge on any atom is 0.471 e. The highest BCUT2D eigenvalue weighted by atomic mass is 19.4. The van der Waals surface area contributed by atoms with Gasteiger partial charge in [-0.1, -0.05) is 5.16 Å². The van der Waals surface area contributed by atoms with Crippen LogP contribution in [-0.2, 0) is 4.79 Å². The molecule has 1 saturated heterocycles. The maximum absolute atomic E-state index is 12.1. The van der Waals surface area contributed by atoms with Crippen molar-refractivity contribution in [2.24, 2.45) is 0 Å². The van der Waals surface area contributed by atoms with Gasteiger partial charge in [-0.3, -0.25) is 4.79 Å². The molecule has 0 aliphatic carbocycles. The van der Waals surface area contributed by atoms with Crippen LogP contribution < -0.4 is 0 Å². The zero-order chi connectivity index (χ0) is 13.5. The number of aromatic nitrogens is 1. The van der Waals surface area contributed by atoms with Crippen molar-refractivity contribution in [2.45, 2.75) is 12.1 Å². The van der Waals surface area contributed by atoms with E-state index in [4.69, 9.17) is 5.11 Å². The predicted molar refractivity (Wildman–Crippen MR) is 48.8 cm³/mol. The van der Waals surface area contributed by atoms with Gasteiger partial charge in [0.15, 0.2) is 0 Å². The largest absolute Gasteiger partial charge is 0.478 e. The minimum atomic E-state index is -4.91. The highest BCUT2D eigenvalue weighted by molar-refractivity contribution is 5.89. The average molecular weight is 264 g/mol. The van der Waals surface area contributed by atoms with Crippen LogP contribution in [0.15, 0.2) is 10.8 Å². The van der Waals surface area contributed by atoms with E-state index in [1.807, 2.05) is 0 Å². The van der Waals surface area contributed by atoms with E-state index in [1.54, 1.807) is 0 Å². The second-order valence-corrected chi connectivity index (χ2v) is 3.82. The Morgan fingerprint density at radius 3 is 2.56 bits per heavy atom. The van der Waals surface area contributed by atoms with E-state index in [-0.39, 0.29) is 24.3 Å². The molecular weight excluding hydrogens is 257 g/mol. The number of carboxylic acids is 1. The van der Waals surface area contributed by atoms with E-state index in [2.05, 4.69) is 9.68 Å². The van der Waals surface area contributed by atoms with E-state index in [0.717, 1.165) is 6.26 Å². The van der Waals surface area contributed by atoms with E-state index >= 15 is 0 Å². The van der Waals surface area contributed by atoms with E-state index < -0.39 is 24.0 Å². The Bertz CT molecular complexity index is 490. The number of carbonyl (C=O) groups excluding carboxylic acids is 1. The molecule has 98 valence electrons. The van der Waals surface area contributed by atoms with Gasteiger partial charge in [0.05, 0.1) is 0 Å². The first-order valence-electron chi connectivity index (χ1n) is 4.84. The fourth-order valence-corrected chi connectivity index (χ4v) is 1.70. The minimum Gasteiger partial charge on any atom is -0.478 e. The lowest BCUT2D eigenvalue weighted by Crippen LogP contribution is -2.53. The highest BCUT2D eigenvalue weighted by Gasteiger charge is 2.47. The molecular formula is C9H7F3N2O4. The molecule has 0 bridgehead atoms. The van der Waals surface area contributed by atoms with Gasteiger partial charge in [0.2, 0.25) is 0 Å². The SMILES string of the molecule is O=C(O)c1conc1C1CN(C(=O)C(F)(F)F)C1. The number of likely N-dealkylation sites (tertiary alicyclic amines) is 1. The summed E-state index contributed by atoms with van der Waals surface area (Å²) in [4.78, 5) is 22.2. The lowest BCUT2D eigenvalue weighted by Gasteiger charge is -2.38. The summed E-state index contributed by atoms with van der Waals surface area (Å²) in [5.74, 6) is -3.74. The van der Waals surface area contributed by atoms with Crippen molar-refractivity contribution in [3.8, 4) is 0 Å². The molecule has 0 radical (unpaired) electrons. The smallest absolute Gasteiger partial charge is 0.471 e. The Kier molecular flexibility index (Phi) is 2.76. The number of aromatic carboxylic acids is 1. The van der Waals surface area contributed by atoms with Crippen LogP contribution in [0.2, 0.25) is 0 Å². The number of hydrogen-bond donors (Lipinski definition) is 1. The fourth-order valence-electron chi connectivity index (χ4n) is 1.70. The number of amides is 1. The van der Waals surface area contributed by atoms with E-state index in [1.165, 1.54) is 0 Å². The maximum atomic E-state index is 12.1. The molecule has 0 saturated carbocycles. The van der Waals surface area contributed by atoms with Crippen LogP contribution in [0.3, 0.4) is 0 Å². The van der Waals surface area contributed by atoms with Crippen molar-refractivity contribution < 1.29 is 32.4 Å². The molecule has 0 atom stereocenters. The number of halogens is 3. The topological polar surface area (TPSA) is 83.6 Å². The van der Waals surface area contributed by atoms with Crippen molar-refractivity contribution >= 4 is 11.9 Å². The van der Waals surface area contributed by atoms with Gasteiger partial charge in [0.1, 0.15) is 17.5 Å². The predicted octanol–water partition coefficient (Wildman–Crippen LogP) is 0.861. The first kappa shape index (κ1) is 12.4. The quantitative estimate of drug-likeness (QED) is 0.856. The number of hydrogen-bond acceptors (Lipinski definition) is 4. The van der Waals surface area contributed by atoms with Gasteiger partial charge in [0.25, 0.3) is 0 Å². The normalized spacial score (nSPS) is 16.5. The molecule has 9 heteroatoms. The number of alkyl halides is 3. The molecule has 1 aromatic heterocycles. The van der Waals surface area contributed by atoms with Crippen molar-refractivity contribution in [3.05, 3.63) is 17.5 Å². The average Bonchev–Trinajstić information content (AvgIpc) is 2.62. The fraction of sp³-hybridized carbons (Fsp3) is 0.444. The highest BCUT2D eigenvalue weighted by Crippen LogP contribution is 2.31. The molecule has 1 aromatic rings. The standard InChI is InChI=1S/C9H7F3N2O4/c10-9(11,12)8(17)14-1-4(2-14)6-5(7(15)16)3-18-13-6/h3-4H,1-2H2,(H,15,16). The molecule has 0 spiro atoms. The molecule has 0 unspecified atom stereocenters. The molecule has 1 aliphatic rings. The van der Waals surface area contributed by atoms with E-state index in [0.29, 0.717) is 4.90 Å². The lowest BCUT2D eigenvalue weighted by atomic mass is 9.93. The van der Waals surface area contributed by atoms with Gasteiger partial charge in [-0.25, -0.2) is 4.79 Å². The van der Waals surface area contributed by atoms with Crippen molar-refractivity contribution in [2.75, 3.05) is 13.1 Å². The summed E-state index contributed by atoms with van der Waals surface area (Å²) in [5, 5.41) is 12.2. The molecule has 2 rings (SSSR count). The van der Waals surface area contributed by atoms with Crippen LogP contribution in [0.4, 0.5) is 13.2 Å². The minimum absolute atomic E-state index is 0.0636. The Morgan fingerprint density at radius 1 is 1.44 bits per heavy atom. The van der Waals surface area contributed by atoms with Crippen LogP contribution >= 0.6 is 0 Å². The zero-order valence-electron chi connectivity index (χ0n) is 8.77. The second kappa shape index (κ2) is 4.00. The molecule has 1 aliphatic heterocycles. The van der Waals surface area contributed by atoms with Crippen LogP contribution in [0.5, 0.6) is 0 Å². The molecule has 6 nitrogen and oxygen atoms in total. The molecule has 18 heavy (non-hydrogen) atoms. The van der Waals surface area contributed by atoms with Crippen molar-refractivity contribution in [1.29, 1.82) is 0 Å². The molecule has 1 N–H and O–H groups in total. The summed E-state index contributed by atoms with van der Waals surface area (Å²) in [6.45, 7) is -0.434. The zero-order valence-corrected chi connectivity index (χ0v) is 8.77. The van der Waals surface area contributed by atoms with Crippen LogP contribution in [0.1, 0.15) is 22.0 Å². The summed E-state index contributed by atoms with van der Waals surface area (Å²) in [6, 6.07) is 0. The number of rotatable bonds is 2. The summed E-state index contributed by atoms with van der Waals surface area (Å²) in [7, 11) is 0. The molecule has 1 fully saturated rings. The third-order valence-electron chi connectivity index (χ3n) is 2.63. The van der Waals surface area contributed by atoms with Gasteiger partial charge in [-0.2, -0.15) is 13.2 Å². The first-order valence-corrected chi connectivity index (χ1v) is 4.84. The van der Waals surface area contributed by atoms with Gasteiger partial charge in [0, 0.05) is 19.0 Å². The third kappa shape index (κ3) is 2.03. The Labute approximate surface area is 98.0 Å². The Balaban J connectivity index is 2.03. The van der Waals surface area contributed by atoms with Gasteiger partial charge in [-0.05, 0) is 0 Å². The van der Waals surface area contributed by atoms with E-state index in [9.17, 15) is 22.8 Å². The van der Waals surface area contributed by atoms with Gasteiger partial charge < -0.3 is 14.5 Å². The number of nitrogens with zero attached hydrogens (tertiary/aromatic N) is 2. The Hall–Kier alpha value is -2.06. The van der Waals surface area contributed by atoms with Crippen molar-refractivity contribution in [1.82, 2.24) is 10.1 Å². The number of carbonyl (C=O) groups is 2. The first-order chi connectivity index (χ1) is 8.30. The summed E-state index contributed by atoms with van der Waals surface area (Å²) in [5.41, 5.74) is -0.132. The summed E-state index contributed by atoms with van der Waals surface area (Å²) in [6.07, 6.45) is -4.00. The molecule has 1 amide bonds. The van der Waals surface area contributed by atoms with Gasteiger partial charge >= 0.3 is 18.1 Å². The lowest BCUT2D eigenvalue weighted by molar-refractivity contribution is -0.190. The number of carboxylic acid groups (broad SMARTS) is 1. The second-order valence-electron chi connectivity index (χ2n) is 3.82. The summed E-state index contributed by atoms with van der Waals surface area (Å²) >= 11 is 0. The monoisotopic (exact) mass is 264 g/mol. The summed E-state index contributed by atoms with van der Waals surface area (Å²) < 4.78 is 40.7. The van der Waals surface area contributed by atoms with Crippen molar-refractivity contribution in [3.63, 3.8) is 0 Å². The van der Waals surface area contributed by atoms with Crippen LogP contribution in [0, 0.1) is 0 Å².